The molecule has 0 spiro atoms. The number of likely N-dealkylation sites (tertiary alicyclic amines) is 1. The van der Waals surface area contributed by atoms with E-state index in [4.69, 9.17) is 10.5 Å². The molecule has 2 aromatic rings. The molecule has 2 N–H and O–H groups in total. The molecule has 1 aliphatic heterocycles. The van der Waals surface area contributed by atoms with Gasteiger partial charge in [0.1, 0.15) is 17.5 Å². The zero-order valence-corrected chi connectivity index (χ0v) is 17.7. The van der Waals surface area contributed by atoms with Gasteiger partial charge in [-0.2, -0.15) is 0 Å². The Hall–Kier alpha value is -1.89. The molecule has 2 aliphatic rings. The molecular formula is C24H29F3N2O. The van der Waals surface area contributed by atoms with E-state index in [0.29, 0.717) is 24.9 Å². The van der Waals surface area contributed by atoms with Crippen molar-refractivity contribution in [3.63, 3.8) is 0 Å². The summed E-state index contributed by atoms with van der Waals surface area (Å²) >= 11 is 0. The zero-order chi connectivity index (χ0) is 21.7. The fourth-order valence-electron chi connectivity index (χ4n) is 5.29. The summed E-state index contributed by atoms with van der Waals surface area (Å²) in [5, 5.41) is 0. The smallest absolute Gasteiger partial charge is 0.131 e. The molecule has 0 saturated carbocycles. The Bertz CT molecular complexity index is 928. The van der Waals surface area contributed by atoms with Crippen LogP contribution in [0.15, 0.2) is 36.4 Å². The molecule has 2 bridgehead atoms. The van der Waals surface area contributed by atoms with Gasteiger partial charge in [-0.05, 0) is 49.1 Å². The van der Waals surface area contributed by atoms with Crippen molar-refractivity contribution in [1.82, 2.24) is 4.90 Å². The number of rotatable bonds is 5. The summed E-state index contributed by atoms with van der Waals surface area (Å²) in [7, 11) is 0. The van der Waals surface area contributed by atoms with Crippen LogP contribution in [0.3, 0.4) is 0 Å². The van der Waals surface area contributed by atoms with E-state index in [0.717, 1.165) is 12.1 Å². The number of hydrogen-bond donors (Lipinski definition) is 1. The molecule has 1 fully saturated rings. The molecule has 4 rings (SSSR count). The molecule has 3 atom stereocenters. The third-order valence-electron chi connectivity index (χ3n) is 7.28. The van der Waals surface area contributed by atoms with Crippen LogP contribution < -0.4 is 5.73 Å². The zero-order valence-electron chi connectivity index (χ0n) is 17.7. The molecule has 0 amide bonds. The molecule has 0 aromatic heterocycles. The Morgan fingerprint density at radius 2 is 1.73 bits per heavy atom. The first-order chi connectivity index (χ1) is 14.1. The molecule has 1 saturated heterocycles. The molecule has 1 aliphatic carbocycles. The van der Waals surface area contributed by atoms with Crippen molar-refractivity contribution < 1.29 is 17.9 Å². The second kappa shape index (κ2) is 7.66. The van der Waals surface area contributed by atoms with E-state index in [1.807, 2.05) is 13.0 Å². The van der Waals surface area contributed by atoms with Crippen LogP contribution in [-0.2, 0) is 23.3 Å². The van der Waals surface area contributed by atoms with Crippen LogP contribution in [0.1, 0.15) is 43.9 Å². The Kier molecular flexibility index (Phi) is 5.45. The highest BCUT2D eigenvalue weighted by Crippen LogP contribution is 2.53. The molecule has 0 radical (unpaired) electrons. The standard InChI is InChI=1S/C24H29F3N2O/c1-15(30-14-17-20(26)8-5-9-21(17)27)13-29-11-10-24(28)18-6-4-7-19(25)16(18)12-22(29)23(24,2)3/h4-9,15,22H,10-14,28H2,1-3H3/t15-,22+,24-/m0/s1. The lowest BCUT2D eigenvalue weighted by Gasteiger charge is -2.60. The van der Waals surface area contributed by atoms with E-state index >= 15 is 0 Å². The highest BCUT2D eigenvalue weighted by molar-refractivity contribution is 5.42. The lowest BCUT2D eigenvalue weighted by atomic mass is 9.55. The van der Waals surface area contributed by atoms with E-state index in [1.54, 1.807) is 6.07 Å². The van der Waals surface area contributed by atoms with Crippen molar-refractivity contribution >= 4 is 0 Å². The minimum atomic E-state index is -0.603. The van der Waals surface area contributed by atoms with Crippen LogP contribution in [0.5, 0.6) is 0 Å². The van der Waals surface area contributed by atoms with Gasteiger partial charge in [-0.15, -0.1) is 0 Å². The first-order valence-corrected chi connectivity index (χ1v) is 10.5. The summed E-state index contributed by atoms with van der Waals surface area (Å²) in [6.07, 6.45) is 1.05. The maximum atomic E-state index is 14.6. The lowest BCUT2D eigenvalue weighted by Crippen LogP contribution is -2.69. The second-order valence-corrected chi connectivity index (χ2v) is 9.25. The third kappa shape index (κ3) is 3.35. The summed E-state index contributed by atoms with van der Waals surface area (Å²) < 4.78 is 48.1. The minimum absolute atomic E-state index is 0.0527. The predicted molar refractivity (Wildman–Crippen MR) is 110 cm³/mol. The number of ether oxygens (including phenoxy) is 1. The number of nitrogens with zero attached hydrogens (tertiary/aromatic N) is 1. The van der Waals surface area contributed by atoms with Crippen LogP contribution >= 0.6 is 0 Å². The minimum Gasteiger partial charge on any atom is -0.372 e. The van der Waals surface area contributed by atoms with Gasteiger partial charge in [-0.1, -0.05) is 32.0 Å². The molecule has 2 aromatic carbocycles. The number of piperidine rings is 1. The monoisotopic (exact) mass is 418 g/mol. The first-order valence-electron chi connectivity index (χ1n) is 10.5. The van der Waals surface area contributed by atoms with Gasteiger partial charge in [0, 0.05) is 35.6 Å². The van der Waals surface area contributed by atoms with Crippen molar-refractivity contribution in [2.24, 2.45) is 11.1 Å². The van der Waals surface area contributed by atoms with Gasteiger partial charge < -0.3 is 10.5 Å². The van der Waals surface area contributed by atoms with Crippen molar-refractivity contribution in [3.8, 4) is 0 Å². The predicted octanol–water partition coefficient (Wildman–Crippen LogP) is 4.52. The molecule has 162 valence electrons. The molecule has 0 unspecified atom stereocenters. The molecular weight excluding hydrogens is 389 g/mol. The van der Waals surface area contributed by atoms with E-state index in [1.165, 1.54) is 24.3 Å². The third-order valence-corrected chi connectivity index (χ3v) is 7.28. The second-order valence-electron chi connectivity index (χ2n) is 9.25. The SMILES string of the molecule is C[C@@H](CN1CC[C@]2(N)c3cccc(F)c3C[C@@H]1C2(C)C)OCc1c(F)cccc1F. The van der Waals surface area contributed by atoms with Gasteiger partial charge in [0.2, 0.25) is 0 Å². The Labute approximate surface area is 176 Å². The van der Waals surface area contributed by atoms with Crippen LogP contribution in [0.4, 0.5) is 13.2 Å². The normalized spacial score (nSPS) is 26.3. The average molecular weight is 419 g/mol. The van der Waals surface area contributed by atoms with E-state index < -0.39 is 17.2 Å². The maximum Gasteiger partial charge on any atom is 0.131 e. The maximum absolute atomic E-state index is 14.6. The van der Waals surface area contributed by atoms with Crippen LogP contribution in [0.2, 0.25) is 0 Å². The number of hydrogen-bond acceptors (Lipinski definition) is 3. The average Bonchev–Trinajstić information content (AvgIpc) is 2.67. The molecule has 30 heavy (non-hydrogen) atoms. The number of fused-ring (bicyclic) bond motifs is 4. The van der Waals surface area contributed by atoms with Gasteiger partial charge >= 0.3 is 0 Å². The lowest BCUT2D eigenvalue weighted by molar-refractivity contribution is -0.0698. The molecule has 6 heteroatoms. The quantitative estimate of drug-likeness (QED) is 0.776. The van der Waals surface area contributed by atoms with Crippen molar-refractivity contribution in [1.29, 1.82) is 0 Å². The van der Waals surface area contributed by atoms with Crippen LogP contribution in [0, 0.1) is 22.9 Å². The largest absolute Gasteiger partial charge is 0.372 e. The number of benzene rings is 2. The van der Waals surface area contributed by atoms with E-state index in [9.17, 15) is 13.2 Å². The Morgan fingerprint density at radius 3 is 2.43 bits per heavy atom. The Morgan fingerprint density at radius 1 is 1.10 bits per heavy atom. The van der Waals surface area contributed by atoms with Gasteiger partial charge in [0.15, 0.2) is 0 Å². The van der Waals surface area contributed by atoms with Gasteiger partial charge in [-0.3, -0.25) is 4.90 Å². The molecule has 1 heterocycles. The van der Waals surface area contributed by atoms with E-state index in [-0.39, 0.29) is 35.5 Å². The van der Waals surface area contributed by atoms with Gasteiger partial charge in [0.25, 0.3) is 0 Å². The van der Waals surface area contributed by atoms with Gasteiger partial charge in [-0.25, -0.2) is 13.2 Å². The summed E-state index contributed by atoms with van der Waals surface area (Å²) in [5.74, 6) is -1.41. The van der Waals surface area contributed by atoms with Crippen molar-refractivity contribution in [2.75, 3.05) is 13.1 Å². The summed E-state index contributed by atoms with van der Waals surface area (Å²) in [6.45, 7) is 7.43. The van der Waals surface area contributed by atoms with Crippen LogP contribution in [0.25, 0.3) is 0 Å². The highest BCUT2D eigenvalue weighted by Gasteiger charge is 2.57. The van der Waals surface area contributed by atoms with Gasteiger partial charge in [0.05, 0.1) is 12.7 Å². The first kappa shape index (κ1) is 21.3. The summed E-state index contributed by atoms with van der Waals surface area (Å²) in [6, 6.07) is 9.05. The number of halogens is 3. The fraction of sp³-hybridized carbons (Fsp3) is 0.500. The summed E-state index contributed by atoms with van der Waals surface area (Å²) in [5.41, 5.74) is 7.62. The highest BCUT2D eigenvalue weighted by atomic mass is 19.1. The summed E-state index contributed by atoms with van der Waals surface area (Å²) in [4.78, 5) is 2.29. The Balaban J connectivity index is 1.51. The van der Waals surface area contributed by atoms with E-state index in [2.05, 4.69) is 18.7 Å². The topological polar surface area (TPSA) is 38.5 Å². The van der Waals surface area contributed by atoms with Crippen molar-refractivity contribution in [2.45, 2.75) is 57.9 Å². The fourth-order valence-corrected chi connectivity index (χ4v) is 5.29. The van der Waals surface area contributed by atoms with Crippen molar-refractivity contribution in [3.05, 3.63) is 70.5 Å². The number of nitrogens with two attached hydrogens (primary N) is 1. The molecule has 3 nitrogen and oxygen atoms in total. The van der Waals surface area contributed by atoms with Crippen LogP contribution in [-0.4, -0.2) is 30.1 Å².